The van der Waals surface area contributed by atoms with Gasteiger partial charge in [-0.1, -0.05) is 67.8 Å². The third kappa shape index (κ3) is 5.21. The summed E-state index contributed by atoms with van der Waals surface area (Å²) in [6.45, 7) is 7.11. The highest BCUT2D eigenvalue weighted by Gasteiger charge is 2.53. The van der Waals surface area contributed by atoms with E-state index in [0.717, 1.165) is 55.5 Å². The summed E-state index contributed by atoms with van der Waals surface area (Å²) in [5.74, 6) is 0.000111. The SMILES string of the molecule is CCCCC1C(c2ccc(C)cc2)=NN(c2ccccc2)C1(C)C(=O)NCCCCCO. The minimum atomic E-state index is -0.812. The Balaban J connectivity index is 1.97. The molecule has 5 nitrogen and oxygen atoms in total. The van der Waals surface area contributed by atoms with E-state index in [2.05, 4.69) is 43.4 Å². The van der Waals surface area contributed by atoms with Crippen LogP contribution in [0.3, 0.4) is 0 Å². The van der Waals surface area contributed by atoms with E-state index in [9.17, 15) is 4.79 Å². The molecule has 172 valence electrons. The molecule has 1 aliphatic rings. The predicted molar refractivity (Wildman–Crippen MR) is 132 cm³/mol. The first-order chi connectivity index (χ1) is 15.5. The van der Waals surface area contributed by atoms with Gasteiger partial charge in [0.25, 0.3) is 0 Å². The van der Waals surface area contributed by atoms with Crippen LogP contribution < -0.4 is 10.3 Å². The lowest BCUT2D eigenvalue weighted by atomic mass is 9.76. The summed E-state index contributed by atoms with van der Waals surface area (Å²) < 4.78 is 0. The minimum Gasteiger partial charge on any atom is -0.396 e. The van der Waals surface area contributed by atoms with Crippen LogP contribution in [0.4, 0.5) is 5.69 Å². The van der Waals surface area contributed by atoms with E-state index in [1.54, 1.807) is 0 Å². The Labute approximate surface area is 192 Å². The van der Waals surface area contributed by atoms with Crippen LogP contribution in [0.5, 0.6) is 0 Å². The highest BCUT2D eigenvalue weighted by Crippen LogP contribution is 2.41. The highest BCUT2D eigenvalue weighted by molar-refractivity contribution is 6.10. The highest BCUT2D eigenvalue weighted by atomic mass is 16.2. The molecule has 2 aromatic carbocycles. The third-order valence-electron chi connectivity index (χ3n) is 6.43. The number of hydrazone groups is 1. The lowest BCUT2D eigenvalue weighted by Gasteiger charge is -2.37. The molecule has 0 saturated heterocycles. The number of unbranched alkanes of at least 4 members (excludes halogenated alkanes) is 3. The molecule has 3 rings (SSSR count). The molecule has 2 N–H and O–H groups in total. The molecule has 1 aliphatic heterocycles. The molecule has 0 aliphatic carbocycles. The Morgan fingerprint density at radius 3 is 2.44 bits per heavy atom. The fourth-order valence-corrected chi connectivity index (χ4v) is 4.45. The number of carbonyl (C=O) groups excluding carboxylic acids is 1. The monoisotopic (exact) mass is 435 g/mol. The van der Waals surface area contributed by atoms with Gasteiger partial charge in [0.05, 0.1) is 11.4 Å². The van der Waals surface area contributed by atoms with Gasteiger partial charge in [-0.15, -0.1) is 0 Å². The lowest BCUT2D eigenvalue weighted by Crippen LogP contribution is -2.58. The number of amides is 1. The number of benzene rings is 2. The second kappa shape index (κ2) is 11.3. The standard InChI is InChI=1S/C27H37N3O2/c1-4-5-14-24-25(22-17-15-21(2)16-18-22)29-30(23-12-8-6-9-13-23)27(24,3)26(32)28-19-10-7-11-20-31/h6,8-9,12-13,15-18,24,31H,4-5,7,10-11,14,19-20H2,1-3H3,(H,28,32). The molecule has 2 atom stereocenters. The molecule has 2 aromatic rings. The topological polar surface area (TPSA) is 64.9 Å². The van der Waals surface area contributed by atoms with Crippen LogP contribution in [0.25, 0.3) is 0 Å². The van der Waals surface area contributed by atoms with E-state index in [0.29, 0.717) is 6.54 Å². The van der Waals surface area contributed by atoms with Crippen molar-refractivity contribution in [2.24, 2.45) is 11.0 Å². The Morgan fingerprint density at radius 2 is 1.78 bits per heavy atom. The van der Waals surface area contributed by atoms with Gasteiger partial charge >= 0.3 is 0 Å². The maximum atomic E-state index is 13.7. The maximum Gasteiger partial charge on any atom is 0.248 e. The zero-order chi connectivity index (χ0) is 23.0. The van der Waals surface area contributed by atoms with E-state index in [-0.39, 0.29) is 18.4 Å². The van der Waals surface area contributed by atoms with Crippen LogP contribution in [-0.2, 0) is 4.79 Å². The smallest absolute Gasteiger partial charge is 0.248 e. The van der Waals surface area contributed by atoms with E-state index in [4.69, 9.17) is 10.2 Å². The Hall–Kier alpha value is -2.66. The predicted octanol–water partition coefficient (Wildman–Crippen LogP) is 5.06. The average Bonchev–Trinajstić information content (AvgIpc) is 3.11. The number of nitrogens with one attached hydrogen (secondary N) is 1. The van der Waals surface area contributed by atoms with Crippen LogP contribution in [0, 0.1) is 12.8 Å². The van der Waals surface area contributed by atoms with Gasteiger partial charge < -0.3 is 10.4 Å². The van der Waals surface area contributed by atoms with Crippen LogP contribution in [0.1, 0.15) is 63.5 Å². The van der Waals surface area contributed by atoms with Crippen LogP contribution >= 0.6 is 0 Å². The van der Waals surface area contributed by atoms with Gasteiger partial charge in [0.15, 0.2) is 0 Å². The Kier molecular flexibility index (Phi) is 8.46. The average molecular weight is 436 g/mol. The molecule has 5 heteroatoms. The fraction of sp³-hybridized carbons (Fsp3) is 0.481. The molecular formula is C27H37N3O2. The van der Waals surface area contributed by atoms with Crippen molar-refractivity contribution in [1.82, 2.24) is 5.32 Å². The number of aliphatic hydroxyl groups excluding tert-OH is 1. The van der Waals surface area contributed by atoms with Gasteiger partial charge in [-0.25, -0.2) is 5.01 Å². The maximum absolute atomic E-state index is 13.7. The lowest BCUT2D eigenvalue weighted by molar-refractivity contribution is -0.126. The van der Waals surface area contributed by atoms with Crippen molar-refractivity contribution in [3.05, 3.63) is 65.7 Å². The number of rotatable bonds is 11. The fourth-order valence-electron chi connectivity index (χ4n) is 4.45. The van der Waals surface area contributed by atoms with Gasteiger partial charge in [-0.05, 0) is 57.2 Å². The summed E-state index contributed by atoms with van der Waals surface area (Å²) in [4.78, 5) is 13.7. The molecule has 2 unspecified atom stereocenters. The van der Waals surface area contributed by atoms with Crippen molar-refractivity contribution in [1.29, 1.82) is 0 Å². The number of carbonyl (C=O) groups is 1. The molecule has 1 heterocycles. The van der Waals surface area contributed by atoms with Crippen LogP contribution in [-0.4, -0.2) is 35.4 Å². The zero-order valence-electron chi connectivity index (χ0n) is 19.7. The second-order valence-electron chi connectivity index (χ2n) is 8.88. The van der Waals surface area contributed by atoms with Crippen LogP contribution in [0.15, 0.2) is 59.7 Å². The number of anilines is 1. The molecule has 0 bridgehead atoms. The molecule has 0 aromatic heterocycles. The normalized spacial score (nSPS) is 20.3. The number of aliphatic hydroxyl groups is 1. The van der Waals surface area contributed by atoms with Crippen molar-refractivity contribution < 1.29 is 9.90 Å². The summed E-state index contributed by atoms with van der Waals surface area (Å²) in [6.07, 6.45) is 5.54. The summed E-state index contributed by atoms with van der Waals surface area (Å²) in [5.41, 5.74) is 3.39. The summed E-state index contributed by atoms with van der Waals surface area (Å²) in [7, 11) is 0. The van der Waals surface area contributed by atoms with Crippen molar-refractivity contribution in [3.63, 3.8) is 0 Å². The van der Waals surface area contributed by atoms with Crippen LogP contribution in [0.2, 0.25) is 0 Å². The second-order valence-corrected chi connectivity index (χ2v) is 8.88. The number of para-hydroxylation sites is 1. The van der Waals surface area contributed by atoms with E-state index in [1.807, 2.05) is 42.3 Å². The van der Waals surface area contributed by atoms with Gasteiger partial charge in [0.2, 0.25) is 5.91 Å². The quantitative estimate of drug-likeness (QED) is 0.485. The summed E-state index contributed by atoms with van der Waals surface area (Å²) in [6, 6.07) is 18.5. The number of aryl methyl sites for hydroxylation is 1. The number of hydrogen-bond acceptors (Lipinski definition) is 4. The molecule has 0 fully saturated rings. The van der Waals surface area contributed by atoms with Gasteiger partial charge in [0.1, 0.15) is 5.54 Å². The zero-order valence-corrected chi connectivity index (χ0v) is 19.7. The van der Waals surface area contributed by atoms with E-state index >= 15 is 0 Å². The molecule has 0 radical (unpaired) electrons. The van der Waals surface area contributed by atoms with Gasteiger partial charge in [0, 0.05) is 19.1 Å². The minimum absolute atomic E-state index is 0.0113. The van der Waals surface area contributed by atoms with Crippen molar-refractivity contribution in [2.45, 2.75) is 64.8 Å². The van der Waals surface area contributed by atoms with Crippen molar-refractivity contribution in [3.8, 4) is 0 Å². The Morgan fingerprint density at radius 1 is 1.06 bits per heavy atom. The molecule has 1 amide bonds. The molecule has 0 spiro atoms. The number of nitrogens with zero attached hydrogens (tertiary/aromatic N) is 2. The Bertz CT molecular complexity index is 895. The first kappa shape index (κ1) is 24.0. The first-order valence-electron chi connectivity index (χ1n) is 11.9. The number of hydrogen-bond donors (Lipinski definition) is 2. The van der Waals surface area contributed by atoms with Crippen molar-refractivity contribution in [2.75, 3.05) is 18.2 Å². The van der Waals surface area contributed by atoms with Gasteiger partial charge in [-0.2, -0.15) is 5.10 Å². The van der Waals surface area contributed by atoms with E-state index in [1.165, 1.54) is 5.56 Å². The largest absolute Gasteiger partial charge is 0.396 e. The third-order valence-corrected chi connectivity index (χ3v) is 6.43. The van der Waals surface area contributed by atoms with Crippen molar-refractivity contribution >= 4 is 17.3 Å². The summed E-state index contributed by atoms with van der Waals surface area (Å²) in [5, 5.41) is 19.2. The molecular weight excluding hydrogens is 398 g/mol. The van der Waals surface area contributed by atoms with E-state index < -0.39 is 5.54 Å². The molecule has 0 saturated carbocycles. The molecule has 32 heavy (non-hydrogen) atoms. The first-order valence-corrected chi connectivity index (χ1v) is 11.9. The summed E-state index contributed by atoms with van der Waals surface area (Å²) >= 11 is 0. The van der Waals surface area contributed by atoms with Gasteiger partial charge in [-0.3, -0.25) is 4.79 Å².